The Morgan fingerprint density at radius 1 is 1.29 bits per heavy atom. The van der Waals surface area contributed by atoms with Crippen molar-refractivity contribution >= 4 is 40.4 Å². The fraction of sp³-hybridized carbons (Fsp3) is 0.500. The summed E-state index contributed by atoms with van der Waals surface area (Å²) in [7, 11) is 0. The van der Waals surface area contributed by atoms with Gasteiger partial charge in [0.25, 0.3) is 0 Å². The molecule has 1 aromatic carbocycles. The van der Waals surface area contributed by atoms with Gasteiger partial charge in [0.05, 0.1) is 21.7 Å². The summed E-state index contributed by atoms with van der Waals surface area (Å²) >= 11 is 6.40. The van der Waals surface area contributed by atoms with Crippen molar-refractivity contribution in [2.45, 2.75) is 26.4 Å². The smallest absolute Gasteiger partial charge is 0.410 e. The summed E-state index contributed by atoms with van der Waals surface area (Å²) in [6.45, 7) is 8.15. The van der Waals surface area contributed by atoms with Crippen LogP contribution >= 0.6 is 11.6 Å². The number of amides is 1. The highest BCUT2D eigenvalue weighted by molar-refractivity contribution is 6.34. The molecule has 8 heteroatoms. The number of anilines is 2. The number of carbonyl (C=O) groups is 1. The molecule has 7 nitrogen and oxygen atoms in total. The number of H-pyrrole nitrogens is 1. The number of halogens is 1. The number of benzene rings is 1. The van der Waals surface area contributed by atoms with Crippen LogP contribution in [0.2, 0.25) is 5.02 Å². The van der Waals surface area contributed by atoms with Gasteiger partial charge in [-0.15, -0.1) is 0 Å². The lowest BCUT2D eigenvalue weighted by molar-refractivity contribution is 0.0240. The molecule has 1 fully saturated rings. The number of aromatic nitrogens is 2. The molecule has 1 aliphatic rings. The van der Waals surface area contributed by atoms with Crippen molar-refractivity contribution in [3.8, 4) is 0 Å². The van der Waals surface area contributed by atoms with E-state index in [0.717, 1.165) is 16.7 Å². The monoisotopic (exact) mass is 351 g/mol. The van der Waals surface area contributed by atoms with Gasteiger partial charge in [-0.2, -0.15) is 0 Å². The zero-order valence-corrected chi connectivity index (χ0v) is 14.9. The Morgan fingerprint density at radius 2 is 1.96 bits per heavy atom. The van der Waals surface area contributed by atoms with Crippen LogP contribution in [0.5, 0.6) is 0 Å². The Balaban J connectivity index is 1.70. The van der Waals surface area contributed by atoms with Crippen molar-refractivity contribution in [1.29, 1.82) is 0 Å². The topological polar surface area (TPSA) is 87.5 Å². The highest BCUT2D eigenvalue weighted by atomic mass is 35.5. The van der Waals surface area contributed by atoms with Gasteiger partial charge >= 0.3 is 6.09 Å². The summed E-state index contributed by atoms with van der Waals surface area (Å²) in [5.74, 6) is 0.368. The molecule has 0 aliphatic carbocycles. The number of rotatable bonds is 1. The third kappa shape index (κ3) is 3.51. The fourth-order valence-electron chi connectivity index (χ4n) is 2.74. The standard InChI is InChI=1S/C16H22ClN5O2/c1-16(2,3)24-15(23)22-6-4-21(5-7-22)13-9-12-11(8-10(13)17)19-14(18)20-12/h8-9H,4-7H2,1-3H3,(H3,18,19,20). The van der Waals surface area contributed by atoms with E-state index in [0.29, 0.717) is 37.1 Å². The average Bonchev–Trinajstić information content (AvgIpc) is 2.84. The molecule has 130 valence electrons. The second-order valence-corrected chi connectivity index (χ2v) is 7.30. The number of nitrogens with zero attached hydrogens (tertiary/aromatic N) is 3. The minimum absolute atomic E-state index is 0.274. The Kier molecular flexibility index (Phi) is 4.21. The molecule has 0 unspecified atom stereocenters. The number of nitrogens with one attached hydrogen (secondary N) is 1. The number of nitrogens with two attached hydrogens (primary N) is 1. The van der Waals surface area contributed by atoms with Gasteiger partial charge in [-0.3, -0.25) is 0 Å². The van der Waals surface area contributed by atoms with Crippen LogP contribution < -0.4 is 10.6 Å². The summed E-state index contributed by atoms with van der Waals surface area (Å²) < 4.78 is 5.42. The second-order valence-electron chi connectivity index (χ2n) is 6.90. The van der Waals surface area contributed by atoms with Gasteiger partial charge in [0.1, 0.15) is 5.60 Å². The van der Waals surface area contributed by atoms with E-state index in [1.165, 1.54) is 0 Å². The van der Waals surface area contributed by atoms with Gasteiger partial charge < -0.3 is 25.3 Å². The van der Waals surface area contributed by atoms with Crippen LogP contribution in [-0.4, -0.2) is 52.7 Å². The fourth-order valence-corrected chi connectivity index (χ4v) is 3.02. The van der Waals surface area contributed by atoms with Gasteiger partial charge in [0, 0.05) is 26.2 Å². The Labute approximate surface area is 145 Å². The van der Waals surface area contributed by atoms with Crippen molar-refractivity contribution in [2.75, 3.05) is 36.8 Å². The van der Waals surface area contributed by atoms with Crippen molar-refractivity contribution in [2.24, 2.45) is 0 Å². The van der Waals surface area contributed by atoms with Crippen LogP contribution in [-0.2, 0) is 4.74 Å². The average molecular weight is 352 g/mol. The molecule has 1 saturated heterocycles. The molecule has 2 aromatic rings. The van der Waals surface area contributed by atoms with Gasteiger partial charge in [0.15, 0.2) is 5.95 Å². The van der Waals surface area contributed by atoms with E-state index in [1.807, 2.05) is 32.9 Å². The molecule has 0 atom stereocenters. The summed E-state index contributed by atoms with van der Waals surface area (Å²) in [4.78, 5) is 23.2. The van der Waals surface area contributed by atoms with Crippen LogP contribution in [0.25, 0.3) is 11.0 Å². The van der Waals surface area contributed by atoms with Crippen molar-refractivity contribution < 1.29 is 9.53 Å². The number of hydrogen-bond donors (Lipinski definition) is 2. The molecule has 2 heterocycles. The van der Waals surface area contributed by atoms with E-state index in [-0.39, 0.29) is 6.09 Å². The molecule has 0 saturated carbocycles. The van der Waals surface area contributed by atoms with Gasteiger partial charge in [0.2, 0.25) is 0 Å². The zero-order chi connectivity index (χ0) is 17.5. The number of aromatic amines is 1. The first-order chi connectivity index (χ1) is 11.2. The Bertz CT molecular complexity index is 760. The van der Waals surface area contributed by atoms with E-state index in [1.54, 1.807) is 4.90 Å². The van der Waals surface area contributed by atoms with E-state index in [2.05, 4.69) is 14.9 Å². The predicted molar refractivity (Wildman–Crippen MR) is 95.5 cm³/mol. The number of carbonyl (C=O) groups excluding carboxylic acids is 1. The number of fused-ring (bicyclic) bond motifs is 1. The van der Waals surface area contributed by atoms with Gasteiger partial charge in [-0.1, -0.05) is 11.6 Å². The van der Waals surface area contributed by atoms with Gasteiger partial charge in [-0.05, 0) is 32.9 Å². The summed E-state index contributed by atoms with van der Waals surface area (Å²) in [6.07, 6.45) is -0.274. The third-order valence-electron chi connectivity index (χ3n) is 3.84. The maximum atomic E-state index is 12.1. The van der Waals surface area contributed by atoms with Crippen LogP contribution in [0.4, 0.5) is 16.4 Å². The highest BCUT2D eigenvalue weighted by Gasteiger charge is 2.26. The molecule has 24 heavy (non-hydrogen) atoms. The van der Waals surface area contributed by atoms with E-state index in [9.17, 15) is 4.79 Å². The van der Waals surface area contributed by atoms with E-state index >= 15 is 0 Å². The Morgan fingerprint density at radius 3 is 2.58 bits per heavy atom. The minimum Gasteiger partial charge on any atom is -0.444 e. The van der Waals surface area contributed by atoms with Crippen molar-refractivity contribution in [3.05, 3.63) is 17.2 Å². The highest BCUT2D eigenvalue weighted by Crippen LogP contribution is 2.31. The number of piperazine rings is 1. The maximum absolute atomic E-state index is 12.1. The third-order valence-corrected chi connectivity index (χ3v) is 4.14. The first-order valence-corrected chi connectivity index (χ1v) is 8.28. The molecule has 1 amide bonds. The predicted octanol–water partition coefficient (Wildman–Crippen LogP) is 2.86. The molecule has 1 aliphatic heterocycles. The largest absolute Gasteiger partial charge is 0.444 e. The lowest BCUT2D eigenvalue weighted by atomic mass is 10.2. The minimum atomic E-state index is -0.484. The van der Waals surface area contributed by atoms with Gasteiger partial charge in [-0.25, -0.2) is 9.78 Å². The maximum Gasteiger partial charge on any atom is 0.410 e. The quantitative estimate of drug-likeness (QED) is 0.824. The van der Waals surface area contributed by atoms with Crippen LogP contribution in [0, 0.1) is 0 Å². The number of hydrogen-bond acceptors (Lipinski definition) is 5. The lowest BCUT2D eigenvalue weighted by Gasteiger charge is -2.37. The van der Waals surface area contributed by atoms with Crippen molar-refractivity contribution in [1.82, 2.24) is 14.9 Å². The lowest BCUT2D eigenvalue weighted by Crippen LogP contribution is -2.50. The van der Waals surface area contributed by atoms with Crippen LogP contribution in [0.1, 0.15) is 20.8 Å². The zero-order valence-electron chi connectivity index (χ0n) is 14.1. The molecule has 0 radical (unpaired) electrons. The molecule has 0 spiro atoms. The first kappa shape index (κ1) is 16.7. The molecule has 0 bridgehead atoms. The van der Waals surface area contributed by atoms with Crippen LogP contribution in [0.3, 0.4) is 0 Å². The molecular formula is C16H22ClN5O2. The summed E-state index contributed by atoms with van der Waals surface area (Å²) in [5.41, 5.74) is 7.70. The van der Waals surface area contributed by atoms with E-state index in [4.69, 9.17) is 22.1 Å². The van der Waals surface area contributed by atoms with Crippen molar-refractivity contribution in [3.63, 3.8) is 0 Å². The summed E-state index contributed by atoms with van der Waals surface area (Å²) in [5, 5.41) is 0.636. The molecule has 3 rings (SSSR count). The number of nitrogen functional groups attached to an aromatic ring is 1. The number of imidazole rings is 1. The SMILES string of the molecule is CC(C)(C)OC(=O)N1CCN(c2cc3nc(N)[nH]c3cc2Cl)CC1. The molecule has 3 N–H and O–H groups in total. The molecule has 1 aromatic heterocycles. The normalized spacial score (nSPS) is 15.8. The van der Waals surface area contributed by atoms with Crippen LogP contribution in [0.15, 0.2) is 12.1 Å². The molecular weight excluding hydrogens is 330 g/mol. The number of ether oxygens (including phenoxy) is 1. The first-order valence-electron chi connectivity index (χ1n) is 7.90. The second kappa shape index (κ2) is 6.05. The summed E-state index contributed by atoms with van der Waals surface area (Å²) in [6, 6.07) is 3.75. The van der Waals surface area contributed by atoms with E-state index < -0.39 is 5.60 Å². The Hall–Kier alpha value is -2.15.